The molecule has 0 spiro atoms. The molecule has 72 valence electrons. The number of hydrogen-bond donors (Lipinski definition) is 0. The summed E-state index contributed by atoms with van der Waals surface area (Å²) in [6.07, 6.45) is 5.90. The monoisotopic (exact) mass is 172 g/mol. The number of methoxy groups -OCH3 is 2. The molecule has 0 aromatic rings. The fraction of sp³-hybridized carbons (Fsp3) is 1.00. The largest absolute Gasteiger partial charge is 0.353 e. The van der Waals surface area contributed by atoms with Gasteiger partial charge in [0.15, 0.2) is 5.79 Å². The third kappa shape index (κ3) is 1.99. The first-order valence-electron chi connectivity index (χ1n) is 4.86. The van der Waals surface area contributed by atoms with Gasteiger partial charge in [-0.2, -0.15) is 0 Å². The van der Waals surface area contributed by atoms with E-state index in [9.17, 15) is 0 Å². The second-order valence-electron chi connectivity index (χ2n) is 3.67. The third-order valence-electron chi connectivity index (χ3n) is 3.19. The Kier molecular flexibility index (Phi) is 3.53. The van der Waals surface area contributed by atoms with Gasteiger partial charge in [-0.05, 0) is 18.8 Å². The fourth-order valence-corrected chi connectivity index (χ4v) is 2.02. The van der Waals surface area contributed by atoms with Crippen molar-refractivity contribution < 1.29 is 9.47 Å². The van der Waals surface area contributed by atoms with E-state index in [0.29, 0.717) is 0 Å². The van der Waals surface area contributed by atoms with Crippen LogP contribution >= 0.6 is 0 Å². The van der Waals surface area contributed by atoms with Crippen molar-refractivity contribution in [2.24, 2.45) is 5.92 Å². The lowest BCUT2D eigenvalue weighted by molar-refractivity contribution is -0.227. The van der Waals surface area contributed by atoms with Gasteiger partial charge in [0, 0.05) is 27.1 Å². The number of rotatable bonds is 3. The smallest absolute Gasteiger partial charge is 0.167 e. The van der Waals surface area contributed by atoms with E-state index >= 15 is 0 Å². The van der Waals surface area contributed by atoms with Gasteiger partial charge in [-0.3, -0.25) is 0 Å². The van der Waals surface area contributed by atoms with Crippen LogP contribution in [0.15, 0.2) is 0 Å². The first kappa shape index (κ1) is 10.0. The van der Waals surface area contributed by atoms with Crippen molar-refractivity contribution in [3.63, 3.8) is 0 Å². The maximum absolute atomic E-state index is 5.40. The van der Waals surface area contributed by atoms with Crippen LogP contribution in [0, 0.1) is 5.92 Å². The summed E-state index contributed by atoms with van der Waals surface area (Å²) in [6.45, 7) is 2.26. The van der Waals surface area contributed by atoms with Crippen LogP contribution in [0.25, 0.3) is 0 Å². The van der Waals surface area contributed by atoms with Crippen LogP contribution in [0.5, 0.6) is 0 Å². The molecule has 1 saturated carbocycles. The van der Waals surface area contributed by atoms with Crippen molar-refractivity contribution in [2.75, 3.05) is 14.2 Å². The Hall–Kier alpha value is -0.0800. The Morgan fingerprint density at radius 3 is 2.00 bits per heavy atom. The lowest BCUT2D eigenvalue weighted by Gasteiger charge is -2.37. The van der Waals surface area contributed by atoms with Crippen LogP contribution in [-0.4, -0.2) is 20.0 Å². The maximum Gasteiger partial charge on any atom is 0.167 e. The second-order valence-corrected chi connectivity index (χ2v) is 3.67. The van der Waals surface area contributed by atoms with Gasteiger partial charge in [-0.25, -0.2) is 0 Å². The summed E-state index contributed by atoms with van der Waals surface area (Å²) in [4.78, 5) is 0. The van der Waals surface area contributed by atoms with Crippen LogP contribution in [0.4, 0.5) is 0 Å². The summed E-state index contributed by atoms with van der Waals surface area (Å²) in [7, 11) is 3.49. The van der Waals surface area contributed by atoms with E-state index in [1.807, 2.05) is 0 Å². The molecule has 1 rings (SSSR count). The van der Waals surface area contributed by atoms with Crippen LogP contribution in [0.1, 0.15) is 39.0 Å². The summed E-state index contributed by atoms with van der Waals surface area (Å²) < 4.78 is 10.8. The zero-order valence-corrected chi connectivity index (χ0v) is 8.43. The van der Waals surface area contributed by atoms with Gasteiger partial charge in [-0.1, -0.05) is 13.3 Å². The SMILES string of the molecule is CCC1CCC(OC)(OC)CC1. The van der Waals surface area contributed by atoms with Crippen molar-refractivity contribution in [3.05, 3.63) is 0 Å². The molecule has 0 radical (unpaired) electrons. The molecule has 1 fully saturated rings. The van der Waals surface area contributed by atoms with Crippen LogP contribution < -0.4 is 0 Å². The highest BCUT2D eigenvalue weighted by molar-refractivity contribution is 4.78. The summed E-state index contributed by atoms with van der Waals surface area (Å²) in [5.41, 5.74) is 0. The average Bonchev–Trinajstić information content (AvgIpc) is 2.18. The lowest BCUT2D eigenvalue weighted by atomic mass is 9.83. The van der Waals surface area contributed by atoms with Gasteiger partial charge < -0.3 is 9.47 Å². The first-order chi connectivity index (χ1) is 5.76. The van der Waals surface area contributed by atoms with Crippen LogP contribution in [-0.2, 0) is 9.47 Å². The Morgan fingerprint density at radius 1 is 1.17 bits per heavy atom. The van der Waals surface area contributed by atoms with Gasteiger partial charge in [0.05, 0.1) is 0 Å². The van der Waals surface area contributed by atoms with Crippen LogP contribution in [0.3, 0.4) is 0 Å². The Bertz CT molecular complexity index is 120. The highest BCUT2D eigenvalue weighted by atomic mass is 16.7. The Morgan fingerprint density at radius 2 is 1.67 bits per heavy atom. The second kappa shape index (κ2) is 4.24. The van der Waals surface area contributed by atoms with Gasteiger partial charge in [0.1, 0.15) is 0 Å². The standard InChI is InChI=1S/C10H20O2/c1-4-9-5-7-10(11-2,12-3)8-6-9/h9H,4-8H2,1-3H3. The molecule has 1 aliphatic rings. The molecule has 1 aliphatic carbocycles. The molecule has 12 heavy (non-hydrogen) atoms. The molecule has 0 atom stereocenters. The van der Waals surface area contributed by atoms with Gasteiger partial charge in [0.25, 0.3) is 0 Å². The predicted octanol–water partition coefficient (Wildman–Crippen LogP) is 2.58. The highest BCUT2D eigenvalue weighted by Gasteiger charge is 2.34. The fourth-order valence-electron chi connectivity index (χ4n) is 2.02. The van der Waals surface area contributed by atoms with E-state index in [0.717, 1.165) is 18.8 Å². The Labute approximate surface area is 75.2 Å². The molecule has 0 saturated heterocycles. The zero-order valence-electron chi connectivity index (χ0n) is 8.43. The van der Waals surface area contributed by atoms with E-state index in [1.54, 1.807) is 14.2 Å². The number of ether oxygens (including phenoxy) is 2. The Balaban J connectivity index is 2.42. The van der Waals surface area contributed by atoms with Gasteiger partial charge >= 0.3 is 0 Å². The molecular weight excluding hydrogens is 152 g/mol. The molecular formula is C10H20O2. The molecule has 2 nitrogen and oxygen atoms in total. The molecule has 0 aromatic heterocycles. The molecule has 0 heterocycles. The number of hydrogen-bond acceptors (Lipinski definition) is 2. The first-order valence-corrected chi connectivity index (χ1v) is 4.86. The molecule has 0 bridgehead atoms. The minimum Gasteiger partial charge on any atom is -0.353 e. The molecule has 0 N–H and O–H groups in total. The lowest BCUT2D eigenvalue weighted by Crippen LogP contribution is -2.37. The molecule has 0 unspecified atom stereocenters. The van der Waals surface area contributed by atoms with E-state index in [2.05, 4.69) is 6.92 Å². The zero-order chi connectivity index (χ0) is 9.03. The van der Waals surface area contributed by atoms with E-state index in [-0.39, 0.29) is 5.79 Å². The topological polar surface area (TPSA) is 18.5 Å². The summed E-state index contributed by atoms with van der Waals surface area (Å²) >= 11 is 0. The molecule has 2 heteroatoms. The molecule has 0 amide bonds. The van der Waals surface area contributed by atoms with Crippen molar-refractivity contribution in [1.82, 2.24) is 0 Å². The quantitative estimate of drug-likeness (QED) is 0.609. The third-order valence-corrected chi connectivity index (χ3v) is 3.19. The normalized spacial score (nSPS) is 24.2. The predicted molar refractivity (Wildman–Crippen MR) is 49.0 cm³/mol. The van der Waals surface area contributed by atoms with Crippen molar-refractivity contribution in [1.29, 1.82) is 0 Å². The summed E-state index contributed by atoms with van der Waals surface area (Å²) in [6, 6.07) is 0. The van der Waals surface area contributed by atoms with Crippen molar-refractivity contribution >= 4 is 0 Å². The van der Waals surface area contributed by atoms with E-state index in [1.165, 1.54) is 19.3 Å². The average molecular weight is 172 g/mol. The van der Waals surface area contributed by atoms with E-state index in [4.69, 9.17) is 9.47 Å². The van der Waals surface area contributed by atoms with Gasteiger partial charge in [0.2, 0.25) is 0 Å². The maximum atomic E-state index is 5.40. The minimum absolute atomic E-state index is 0.258. The summed E-state index contributed by atoms with van der Waals surface area (Å²) in [5, 5.41) is 0. The minimum atomic E-state index is -0.258. The van der Waals surface area contributed by atoms with Gasteiger partial charge in [-0.15, -0.1) is 0 Å². The van der Waals surface area contributed by atoms with Crippen molar-refractivity contribution in [2.45, 2.75) is 44.8 Å². The van der Waals surface area contributed by atoms with Crippen molar-refractivity contribution in [3.8, 4) is 0 Å². The van der Waals surface area contributed by atoms with Crippen LogP contribution in [0.2, 0.25) is 0 Å². The van der Waals surface area contributed by atoms with E-state index < -0.39 is 0 Å². The molecule has 0 aliphatic heterocycles. The molecule has 0 aromatic carbocycles. The highest BCUT2D eigenvalue weighted by Crippen LogP contribution is 2.35. The summed E-state index contributed by atoms with van der Waals surface area (Å²) in [5.74, 6) is 0.634.